The van der Waals surface area contributed by atoms with Crippen molar-refractivity contribution in [2.24, 2.45) is 0 Å². The number of rotatable bonds is 10. The number of ether oxygens (including phenoxy) is 3. The molecule has 0 aromatic heterocycles. The highest BCUT2D eigenvalue weighted by Gasteiger charge is 2.33. The first-order valence-corrected chi connectivity index (χ1v) is 10.5. The van der Waals surface area contributed by atoms with Gasteiger partial charge in [-0.2, -0.15) is 0 Å². The first kappa shape index (κ1) is 28.0. The number of methoxy groups -OCH3 is 3. The molecule has 2 amide bonds. The molecular formula is C24H26N2O10. The average molecular weight is 502 g/mol. The molecule has 0 bridgehead atoms. The summed E-state index contributed by atoms with van der Waals surface area (Å²) in [5, 5.41) is 24.9. The van der Waals surface area contributed by atoms with Crippen LogP contribution in [0, 0.1) is 0 Å². The SMILES string of the molecule is COC(=O)c1cc(NC(=O)[C@H](O)[C@@H](O)C(=O)NC(Cc2ccccc2)C(=O)OC)cc(C(=O)OC)c1. The van der Waals surface area contributed by atoms with Crippen LogP contribution in [0.25, 0.3) is 0 Å². The van der Waals surface area contributed by atoms with Crippen LogP contribution in [0.3, 0.4) is 0 Å². The van der Waals surface area contributed by atoms with E-state index in [1.807, 2.05) is 0 Å². The topological polar surface area (TPSA) is 178 Å². The molecule has 0 aliphatic rings. The summed E-state index contributed by atoms with van der Waals surface area (Å²) in [4.78, 5) is 60.9. The molecule has 0 spiro atoms. The quantitative estimate of drug-likeness (QED) is 0.252. The number of benzene rings is 2. The molecule has 12 nitrogen and oxygen atoms in total. The molecule has 12 heteroatoms. The lowest BCUT2D eigenvalue weighted by atomic mass is 10.0. The number of carbonyl (C=O) groups is 5. The van der Waals surface area contributed by atoms with E-state index in [0.717, 1.165) is 33.5 Å². The average Bonchev–Trinajstić information content (AvgIpc) is 2.90. The number of esters is 3. The van der Waals surface area contributed by atoms with Crippen LogP contribution in [0.5, 0.6) is 0 Å². The molecular weight excluding hydrogens is 476 g/mol. The molecule has 0 radical (unpaired) electrons. The number of aliphatic hydroxyl groups excluding tert-OH is 2. The van der Waals surface area contributed by atoms with Gasteiger partial charge in [-0.25, -0.2) is 14.4 Å². The fourth-order valence-electron chi connectivity index (χ4n) is 3.12. The van der Waals surface area contributed by atoms with Gasteiger partial charge in [0.15, 0.2) is 12.2 Å². The van der Waals surface area contributed by atoms with Crippen LogP contribution in [0.15, 0.2) is 48.5 Å². The number of aliphatic hydroxyl groups is 2. The molecule has 0 fully saturated rings. The lowest BCUT2D eigenvalue weighted by Gasteiger charge is -2.21. The number of carbonyl (C=O) groups excluding carboxylic acids is 5. The van der Waals surface area contributed by atoms with Crippen LogP contribution < -0.4 is 10.6 Å². The van der Waals surface area contributed by atoms with Crippen LogP contribution >= 0.6 is 0 Å². The number of nitrogens with one attached hydrogen (secondary N) is 2. The lowest BCUT2D eigenvalue weighted by Crippen LogP contribution is -2.52. The van der Waals surface area contributed by atoms with Crippen molar-refractivity contribution in [1.82, 2.24) is 5.32 Å². The Kier molecular flexibility index (Phi) is 10.1. The first-order chi connectivity index (χ1) is 17.1. The maximum Gasteiger partial charge on any atom is 0.337 e. The molecule has 0 heterocycles. The van der Waals surface area contributed by atoms with Gasteiger partial charge in [0, 0.05) is 12.1 Å². The minimum absolute atomic E-state index is 0.0326. The predicted octanol–water partition coefficient (Wildman–Crippen LogP) is -0.179. The Morgan fingerprint density at radius 1 is 0.778 bits per heavy atom. The van der Waals surface area contributed by atoms with E-state index in [-0.39, 0.29) is 23.2 Å². The molecule has 1 unspecified atom stereocenters. The van der Waals surface area contributed by atoms with Crippen molar-refractivity contribution in [3.05, 3.63) is 65.2 Å². The van der Waals surface area contributed by atoms with Gasteiger partial charge in [-0.05, 0) is 23.8 Å². The van der Waals surface area contributed by atoms with Crippen LogP contribution in [0.1, 0.15) is 26.3 Å². The second-order valence-corrected chi connectivity index (χ2v) is 7.44. The summed E-state index contributed by atoms with van der Waals surface area (Å²) in [6, 6.07) is 10.9. The highest BCUT2D eigenvalue weighted by atomic mass is 16.5. The maximum atomic E-state index is 12.5. The minimum atomic E-state index is -2.27. The molecule has 2 rings (SSSR count). The van der Waals surface area contributed by atoms with E-state index < -0.39 is 48.0 Å². The molecule has 0 aliphatic heterocycles. The zero-order chi connectivity index (χ0) is 26.8. The Bertz CT molecular complexity index is 1080. The van der Waals surface area contributed by atoms with Gasteiger partial charge in [-0.15, -0.1) is 0 Å². The van der Waals surface area contributed by atoms with E-state index in [1.165, 1.54) is 6.07 Å². The van der Waals surface area contributed by atoms with Crippen molar-refractivity contribution in [2.45, 2.75) is 24.7 Å². The summed E-state index contributed by atoms with van der Waals surface area (Å²) in [6.07, 6.45) is -4.51. The Balaban J connectivity index is 2.15. The van der Waals surface area contributed by atoms with Crippen molar-refractivity contribution in [1.29, 1.82) is 0 Å². The van der Waals surface area contributed by atoms with E-state index in [2.05, 4.69) is 24.8 Å². The van der Waals surface area contributed by atoms with E-state index in [4.69, 9.17) is 0 Å². The van der Waals surface area contributed by atoms with Gasteiger partial charge < -0.3 is 35.1 Å². The van der Waals surface area contributed by atoms with E-state index in [9.17, 15) is 34.2 Å². The smallest absolute Gasteiger partial charge is 0.337 e. The second-order valence-electron chi connectivity index (χ2n) is 7.44. The zero-order valence-corrected chi connectivity index (χ0v) is 19.7. The maximum absolute atomic E-state index is 12.5. The Labute approximate surface area is 206 Å². The summed E-state index contributed by atoms with van der Waals surface area (Å²) in [6.45, 7) is 0. The fraction of sp³-hybridized carbons (Fsp3) is 0.292. The highest BCUT2D eigenvalue weighted by Crippen LogP contribution is 2.18. The van der Waals surface area contributed by atoms with Gasteiger partial charge in [0.05, 0.1) is 32.5 Å². The summed E-state index contributed by atoms with van der Waals surface area (Å²) in [7, 11) is 3.35. The molecule has 2 aromatic rings. The third-order valence-electron chi connectivity index (χ3n) is 4.96. The van der Waals surface area contributed by atoms with E-state index >= 15 is 0 Å². The third kappa shape index (κ3) is 7.35. The molecule has 2 aromatic carbocycles. The zero-order valence-electron chi connectivity index (χ0n) is 19.7. The number of anilines is 1. The molecule has 36 heavy (non-hydrogen) atoms. The van der Waals surface area contributed by atoms with Gasteiger partial charge in [-0.3, -0.25) is 9.59 Å². The van der Waals surface area contributed by atoms with Gasteiger partial charge >= 0.3 is 17.9 Å². The first-order valence-electron chi connectivity index (χ1n) is 10.5. The minimum Gasteiger partial charge on any atom is -0.467 e. The van der Waals surface area contributed by atoms with Crippen molar-refractivity contribution in [2.75, 3.05) is 26.6 Å². The molecule has 192 valence electrons. The molecule has 3 atom stereocenters. The third-order valence-corrected chi connectivity index (χ3v) is 4.96. The largest absolute Gasteiger partial charge is 0.467 e. The predicted molar refractivity (Wildman–Crippen MR) is 124 cm³/mol. The monoisotopic (exact) mass is 502 g/mol. The van der Waals surface area contributed by atoms with Gasteiger partial charge in [0.2, 0.25) is 0 Å². The Morgan fingerprint density at radius 2 is 1.31 bits per heavy atom. The van der Waals surface area contributed by atoms with Gasteiger partial charge in [0.1, 0.15) is 6.04 Å². The standard InChI is InChI=1S/C24H26N2O10/c1-34-22(31)14-10-15(23(32)35-2)12-16(11-14)25-20(29)18(27)19(28)21(30)26-17(24(33)36-3)9-13-7-5-4-6-8-13/h4-8,10-12,17-19,27-28H,9H2,1-3H3,(H,25,29)(H,26,30)/t17?,18-,19-/m1/s1. The normalized spacial score (nSPS) is 12.9. The van der Waals surface area contributed by atoms with Gasteiger partial charge in [0.25, 0.3) is 11.8 Å². The van der Waals surface area contributed by atoms with Crippen molar-refractivity contribution in [3.8, 4) is 0 Å². The summed E-state index contributed by atoms with van der Waals surface area (Å²) < 4.78 is 13.9. The van der Waals surface area contributed by atoms with Crippen LogP contribution in [-0.2, 0) is 35.0 Å². The van der Waals surface area contributed by atoms with Crippen molar-refractivity contribution in [3.63, 3.8) is 0 Å². The van der Waals surface area contributed by atoms with E-state index in [1.54, 1.807) is 30.3 Å². The van der Waals surface area contributed by atoms with Gasteiger partial charge in [-0.1, -0.05) is 30.3 Å². The van der Waals surface area contributed by atoms with Crippen molar-refractivity contribution >= 4 is 35.4 Å². The Hall–Kier alpha value is -4.29. The Morgan fingerprint density at radius 3 is 1.81 bits per heavy atom. The highest BCUT2D eigenvalue weighted by molar-refractivity contribution is 6.02. The molecule has 0 aliphatic carbocycles. The number of hydrogen-bond donors (Lipinski definition) is 4. The molecule has 0 saturated heterocycles. The second kappa shape index (κ2) is 13.0. The van der Waals surface area contributed by atoms with Crippen LogP contribution in [-0.4, -0.2) is 79.5 Å². The fourth-order valence-corrected chi connectivity index (χ4v) is 3.12. The molecule has 0 saturated carbocycles. The number of amides is 2. The van der Waals surface area contributed by atoms with Crippen LogP contribution in [0.2, 0.25) is 0 Å². The van der Waals surface area contributed by atoms with Crippen LogP contribution in [0.4, 0.5) is 5.69 Å². The van der Waals surface area contributed by atoms with E-state index in [0.29, 0.717) is 5.56 Å². The summed E-state index contributed by atoms with van der Waals surface area (Å²) >= 11 is 0. The van der Waals surface area contributed by atoms with Crippen molar-refractivity contribution < 1.29 is 48.4 Å². The summed E-state index contributed by atoms with van der Waals surface area (Å²) in [5.74, 6) is -4.86. The lowest BCUT2D eigenvalue weighted by molar-refractivity contribution is -0.149. The number of hydrogen-bond acceptors (Lipinski definition) is 10. The molecule has 4 N–H and O–H groups in total. The summed E-state index contributed by atoms with van der Waals surface area (Å²) in [5.41, 5.74) is 0.356.